The van der Waals surface area contributed by atoms with Crippen molar-refractivity contribution in [3.05, 3.63) is 46.0 Å². The smallest absolute Gasteiger partial charge is 0.0536 e. The van der Waals surface area contributed by atoms with Gasteiger partial charge in [0.25, 0.3) is 0 Å². The third kappa shape index (κ3) is 3.15. The molecular formula is C16H22ClN. The van der Waals surface area contributed by atoms with E-state index >= 15 is 0 Å². The van der Waals surface area contributed by atoms with Gasteiger partial charge in [0, 0.05) is 5.02 Å². The standard InChI is InChI=1S/C16H22ClN/c1-3-18-16(13-7-5-4-6-8-13)14-9-10-15(17)12(2)11-14/h7,9-11,16,18H,3-6,8H2,1-2H3. The van der Waals surface area contributed by atoms with Crippen LogP contribution in [0.5, 0.6) is 0 Å². The second-order valence-electron chi connectivity index (χ2n) is 5.02. The molecule has 1 unspecified atom stereocenters. The van der Waals surface area contributed by atoms with Crippen molar-refractivity contribution in [1.82, 2.24) is 5.32 Å². The summed E-state index contributed by atoms with van der Waals surface area (Å²) in [6, 6.07) is 6.75. The van der Waals surface area contributed by atoms with Gasteiger partial charge in [-0.3, -0.25) is 0 Å². The first-order valence-corrected chi connectivity index (χ1v) is 7.28. The van der Waals surface area contributed by atoms with Crippen molar-refractivity contribution < 1.29 is 0 Å². The number of hydrogen-bond acceptors (Lipinski definition) is 1. The zero-order chi connectivity index (χ0) is 13.0. The van der Waals surface area contributed by atoms with Crippen molar-refractivity contribution >= 4 is 11.6 Å². The van der Waals surface area contributed by atoms with Crippen molar-refractivity contribution in [2.24, 2.45) is 0 Å². The summed E-state index contributed by atoms with van der Waals surface area (Å²) in [6.07, 6.45) is 7.52. The Hall–Kier alpha value is -0.790. The SMILES string of the molecule is CCNC(C1=CCCCC1)c1ccc(Cl)c(C)c1. The topological polar surface area (TPSA) is 12.0 Å². The van der Waals surface area contributed by atoms with Crippen LogP contribution in [0.2, 0.25) is 5.02 Å². The summed E-state index contributed by atoms with van der Waals surface area (Å²) < 4.78 is 0. The zero-order valence-electron chi connectivity index (χ0n) is 11.3. The normalized spacial score (nSPS) is 17.4. The summed E-state index contributed by atoms with van der Waals surface area (Å²) in [5, 5.41) is 4.46. The minimum Gasteiger partial charge on any atom is -0.307 e. The van der Waals surface area contributed by atoms with E-state index in [0.717, 1.165) is 17.1 Å². The minimum atomic E-state index is 0.367. The van der Waals surface area contributed by atoms with E-state index in [2.05, 4.69) is 37.4 Å². The Morgan fingerprint density at radius 3 is 2.78 bits per heavy atom. The van der Waals surface area contributed by atoms with E-state index in [1.54, 1.807) is 5.57 Å². The van der Waals surface area contributed by atoms with Gasteiger partial charge in [0.2, 0.25) is 0 Å². The van der Waals surface area contributed by atoms with E-state index in [1.807, 2.05) is 6.07 Å². The van der Waals surface area contributed by atoms with Crippen LogP contribution in [0.15, 0.2) is 29.8 Å². The van der Waals surface area contributed by atoms with Crippen LogP contribution in [0, 0.1) is 6.92 Å². The minimum absolute atomic E-state index is 0.367. The highest BCUT2D eigenvalue weighted by atomic mass is 35.5. The average molecular weight is 264 g/mol. The fourth-order valence-electron chi connectivity index (χ4n) is 2.64. The lowest BCUT2D eigenvalue weighted by Gasteiger charge is -2.25. The molecule has 2 rings (SSSR count). The van der Waals surface area contributed by atoms with Gasteiger partial charge in [0.05, 0.1) is 6.04 Å². The summed E-state index contributed by atoms with van der Waals surface area (Å²) >= 11 is 6.11. The molecule has 0 radical (unpaired) electrons. The molecule has 0 saturated carbocycles. The van der Waals surface area contributed by atoms with Crippen LogP contribution in [0.3, 0.4) is 0 Å². The lowest BCUT2D eigenvalue weighted by atomic mass is 9.89. The first-order valence-electron chi connectivity index (χ1n) is 6.90. The number of nitrogens with one attached hydrogen (secondary N) is 1. The van der Waals surface area contributed by atoms with E-state index in [0.29, 0.717) is 6.04 Å². The summed E-state index contributed by atoms with van der Waals surface area (Å²) in [7, 11) is 0. The molecule has 0 amide bonds. The predicted octanol–water partition coefficient (Wildman–Crippen LogP) is 4.80. The van der Waals surface area contributed by atoms with E-state index in [1.165, 1.54) is 31.2 Å². The van der Waals surface area contributed by atoms with Crippen LogP contribution < -0.4 is 5.32 Å². The summed E-state index contributed by atoms with van der Waals surface area (Å²) in [5.74, 6) is 0. The Kier molecular flexibility index (Phi) is 4.85. The predicted molar refractivity (Wildman–Crippen MR) is 79.2 cm³/mol. The Labute approximate surface area is 115 Å². The van der Waals surface area contributed by atoms with Crippen LogP contribution in [-0.2, 0) is 0 Å². The van der Waals surface area contributed by atoms with E-state index in [4.69, 9.17) is 11.6 Å². The molecule has 0 aliphatic heterocycles. The van der Waals surface area contributed by atoms with Crippen LogP contribution in [0.4, 0.5) is 0 Å². The lowest BCUT2D eigenvalue weighted by molar-refractivity contribution is 0.563. The lowest BCUT2D eigenvalue weighted by Crippen LogP contribution is -2.23. The van der Waals surface area contributed by atoms with Gasteiger partial charge in [-0.2, -0.15) is 0 Å². The third-order valence-electron chi connectivity index (χ3n) is 3.62. The first kappa shape index (κ1) is 13.6. The molecule has 1 aliphatic rings. The maximum absolute atomic E-state index is 6.11. The van der Waals surface area contributed by atoms with Crippen molar-refractivity contribution in [3.8, 4) is 0 Å². The van der Waals surface area contributed by atoms with Gasteiger partial charge >= 0.3 is 0 Å². The molecule has 1 nitrogen and oxygen atoms in total. The van der Waals surface area contributed by atoms with E-state index in [-0.39, 0.29) is 0 Å². The summed E-state index contributed by atoms with van der Waals surface area (Å²) in [6.45, 7) is 5.23. The van der Waals surface area contributed by atoms with Crippen LogP contribution >= 0.6 is 11.6 Å². The number of hydrogen-bond donors (Lipinski definition) is 1. The molecule has 2 heteroatoms. The van der Waals surface area contributed by atoms with Gasteiger partial charge in [0.15, 0.2) is 0 Å². The maximum Gasteiger partial charge on any atom is 0.0536 e. The molecule has 1 aromatic rings. The van der Waals surface area contributed by atoms with Gasteiger partial charge < -0.3 is 5.32 Å². The molecule has 0 spiro atoms. The van der Waals surface area contributed by atoms with Crippen molar-refractivity contribution in [2.45, 2.75) is 45.6 Å². The number of aryl methyl sites for hydroxylation is 1. The highest BCUT2D eigenvalue weighted by molar-refractivity contribution is 6.31. The van der Waals surface area contributed by atoms with Gasteiger partial charge in [-0.1, -0.05) is 42.3 Å². The molecular weight excluding hydrogens is 242 g/mol. The average Bonchev–Trinajstić information content (AvgIpc) is 2.40. The molecule has 98 valence electrons. The number of halogens is 1. The molecule has 1 N–H and O–H groups in total. The maximum atomic E-state index is 6.11. The first-order chi connectivity index (χ1) is 8.72. The highest BCUT2D eigenvalue weighted by Gasteiger charge is 2.17. The van der Waals surface area contributed by atoms with Crippen molar-refractivity contribution in [1.29, 1.82) is 0 Å². The van der Waals surface area contributed by atoms with E-state index < -0.39 is 0 Å². The number of rotatable bonds is 4. The number of benzene rings is 1. The second-order valence-corrected chi connectivity index (χ2v) is 5.43. The van der Waals surface area contributed by atoms with E-state index in [9.17, 15) is 0 Å². The molecule has 0 bridgehead atoms. The van der Waals surface area contributed by atoms with Crippen molar-refractivity contribution in [2.75, 3.05) is 6.54 Å². The van der Waals surface area contributed by atoms with Crippen LogP contribution in [-0.4, -0.2) is 6.54 Å². The van der Waals surface area contributed by atoms with Gasteiger partial charge in [-0.05, 0) is 56.3 Å². The molecule has 0 heterocycles. The number of likely N-dealkylation sites (N-methyl/N-ethyl adjacent to an activating group) is 1. The van der Waals surface area contributed by atoms with Gasteiger partial charge in [-0.15, -0.1) is 0 Å². The number of allylic oxidation sites excluding steroid dienone is 1. The monoisotopic (exact) mass is 263 g/mol. The fourth-order valence-corrected chi connectivity index (χ4v) is 2.76. The molecule has 0 saturated heterocycles. The molecule has 0 fully saturated rings. The second kappa shape index (κ2) is 6.40. The van der Waals surface area contributed by atoms with Gasteiger partial charge in [0.1, 0.15) is 0 Å². The summed E-state index contributed by atoms with van der Waals surface area (Å²) in [4.78, 5) is 0. The molecule has 0 aromatic heterocycles. The molecule has 1 aromatic carbocycles. The fraction of sp³-hybridized carbons (Fsp3) is 0.500. The van der Waals surface area contributed by atoms with Crippen LogP contribution in [0.25, 0.3) is 0 Å². The van der Waals surface area contributed by atoms with Crippen LogP contribution in [0.1, 0.15) is 49.8 Å². The quantitative estimate of drug-likeness (QED) is 0.770. The van der Waals surface area contributed by atoms with Crippen molar-refractivity contribution in [3.63, 3.8) is 0 Å². The Balaban J connectivity index is 2.28. The summed E-state index contributed by atoms with van der Waals surface area (Å²) in [5.41, 5.74) is 4.05. The Morgan fingerprint density at radius 2 is 2.17 bits per heavy atom. The zero-order valence-corrected chi connectivity index (χ0v) is 12.1. The Bertz CT molecular complexity index is 437. The largest absolute Gasteiger partial charge is 0.307 e. The molecule has 1 aliphatic carbocycles. The third-order valence-corrected chi connectivity index (χ3v) is 4.04. The Morgan fingerprint density at radius 1 is 1.33 bits per heavy atom. The van der Waals surface area contributed by atoms with Gasteiger partial charge in [-0.25, -0.2) is 0 Å². The highest BCUT2D eigenvalue weighted by Crippen LogP contribution is 2.31. The molecule has 18 heavy (non-hydrogen) atoms. The molecule has 1 atom stereocenters.